The maximum atomic E-state index is 11.0. The van der Waals surface area contributed by atoms with Crippen molar-refractivity contribution in [1.29, 1.82) is 0 Å². The van der Waals surface area contributed by atoms with Crippen LogP contribution in [0.1, 0.15) is 46.0 Å². The number of para-hydroxylation sites is 1. The van der Waals surface area contributed by atoms with E-state index in [-0.39, 0.29) is 17.9 Å². The maximum absolute atomic E-state index is 11.0. The molecule has 4 nitrogen and oxygen atoms in total. The van der Waals surface area contributed by atoms with Gasteiger partial charge in [0.05, 0.1) is 22.5 Å². The van der Waals surface area contributed by atoms with Gasteiger partial charge in [0.15, 0.2) is 0 Å². The number of halogens is 1. The second-order valence-corrected chi connectivity index (χ2v) is 6.92. The van der Waals surface area contributed by atoms with Gasteiger partial charge in [-0.2, -0.15) is 0 Å². The van der Waals surface area contributed by atoms with Gasteiger partial charge in [0.2, 0.25) is 0 Å². The van der Waals surface area contributed by atoms with Crippen LogP contribution in [0.5, 0.6) is 0 Å². The molecule has 0 amide bonds. The molecule has 1 aromatic carbocycles. The van der Waals surface area contributed by atoms with Gasteiger partial charge in [-0.3, -0.25) is 4.79 Å². The lowest BCUT2D eigenvalue weighted by atomic mass is 9.85. The molecule has 0 unspecified atom stereocenters. The fourth-order valence-corrected chi connectivity index (χ4v) is 3.00. The van der Waals surface area contributed by atoms with E-state index in [0.717, 1.165) is 16.9 Å². The topological polar surface area (TPSA) is 55.1 Å². The number of rotatable bonds is 5. The second-order valence-electron chi connectivity index (χ2n) is 6.51. The first-order valence-electron chi connectivity index (χ1n) is 7.08. The lowest BCUT2D eigenvalue weighted by Gasteiger charge is -2.23. The number of nitrogens with zero attached hydrogens (tertiary/aromatic N) is 2. The fourth-order valence-electron chi connectivity index (χ4n) is 2.74. The summed E-state index contributed by atoms with van der Waals surface area (Å²) in [4.78, 5) is 15.7. The Labute approximate surface area is 129 Å². The van der Waals surface area contributed by atoms with Crippen molar-refractivity contribution in [2.24, 2.45) is 5.41 Å². The molecular formula is C16H21ClN2O2. The van der Waals surface area contributed by atoms with Crippen LogP contribution in [0.15, 0.2) is 18.2 Å². The summed E-state index contributed by atoms with van der Waals surface area (Å²) < 4.78 is 2.11. The van der Waals surface area contributed by atoms with Gasteiger partial charge < -0.3 is 9.67 Å². The van der Waals surface area contributed by atoms with Gasteiger partial charge in [0, 0.05) is 12.5 Å². The molecule has 21 heavy (non-hydrogen) atoms. The van der Waals surface area contributed by atoms with Crippen LogP contribution in [0.25, 0.3) is 11.0 Å². The highest BCUT2D eigenvalue weighted by atomic mass is 35.5. The standard InChI is InChI=1S/C16H21ClN2O2/c1-10(2)19-13(8-16(3,4)9-14(20)21)18-12-7-5-6-11(17)15(12)19/h5-7,10H,8-9H2,1-4H3,(H,20,21). The number of aliphatic carboxylic acids is 1. The lowest BCUT2D eigenvalue weighted by Crippen LogP contribution is -2.22. The van der Waals surface area contributed by atoms with Crippen molar-refractivity contribution in [2.45, 2.75) is 46.6 Å². The minimum atomic E-state index is -0.787. The first kappa shape index (κ1) is 15.8. The molecule has 0 saturated heterocycles. The molecule has 0 aliphatic carbocycles. The van der Waals surface area contributed by atoms with E-state index < -0.39 is 5.97 Å². The largest absolute Gasteiger partial charge is 0.481 e. The van der Waals surface area contributed by atoms with E-state index in [4.69, 9.17) is 16.7 Å². The van der Waals surface area contributed by atoms with E-state index in [1.165, 1.54) is 0 Å². The van der Waals surface area contributed by atoms with Crippen molar-refractivity contribution in [3.63, 3.8) is 0 Å². The number of fused-ring (bicyclic) bond motifs is 1. The van der Waals surface area contributed by atoms with Crippen LogP contribution < -0.4 is 0 Å². The fraction of sp³-hybridized carbons (Fsp3) is 0.500. The van der Waals surface area contributed by atoms with E-state index in [1.54, 1.807) is 0 Å². The zero-order valence-corrected chi connectivity index (χ0v) is 13.6. The van der Waals surface area contributed by atoms with Crippen molar-refractivity contribution in [3.05, 3.63) is 29.0 Å². The quantitative estimate of drug-likeness (QED) is 0.895. The number of hydrogen-bond donors (Lipinski definition) is 1. The lowest BCUT2D eigenvalue weighted by molar-refractivity contribution is -0.139. The first-order chi connectivity index (χ1) is 9.71. The predicted molar refractivity (Wildman–Crippen MR) is 84.9 cm³/mol. The summed E-state index contributed by atoms with van der Waals surface area (Å²) in [5.41, 5.74) is 1.43. The van der Waals surface area contributed by atoms with Crippen LogP contribution in [0.2, 0.25) is 5.02 Å². The number of carbonyl (C=O) groups is 1. The third-order valence-corrected chi connectivity index (χ3v) is 3.82. The number of benzene rings is 1. The average molecular weight is 309 g/mol. The molecule has 2 rings (SSSR count). The average Bonchev–Trinajstić information content (AvgIpc) is 2.65. The normalized spacial score (nSPS) is 12.3. The smallest absolute Gasteiger partial charge is 0.303 e. The van der Waals surface area contributed by atoms with Crippen LogP contribution in [-0.2, 0) is 11.2 Å². The zero-order chi connectivity index (χ0) is 15.8. The molecule has 2 aromatic rings. The molecule has 0 fully saturated rings. The van der Waals surface area contributed by atoms with Crippen molar-refractivity contribution in [1.82, 2.24) is 9.55 Å². The van der Waals surface area contributed by atoms with Crippen LogP contribution in [0.4, 0.5) is 0 Å². The van der Waals surface area contributed by atoms with Gasteiger partial charge in [-0.25, -0.2) is 4.98 Å². The highest BCUT2D eigenvalue weighted by molar-refractivity contribution is 6.35. The molecule has 0 bridgehead atoms. The Morgan fingerprint density at radius 2 is 2.10 bits per heavy atom. The van der Waals surface area contributed by atoms with E-state index in [0.29, 0.717) is 11.4 Å². The van der Waals surface area contributed by atoms with E-state index in [1.807, 2.05) is 32.0 Å². The summed E-state index contributed by atoms with van der Waals surface area (Å²) in [6.07, 6.45) is 0.713. The van der Waals surface area contributed by atoms with Gasteiger partial charge in [0.25, 0.3) is 0 Å². The Kier molecular flexibility index (Phi) is 4.28. The summed E-state index contributed by atoms with van der Waals surface area (Å²) in [6, 6.07) is 5.89. The minimum Gasteiger partial charge on any atom is -0.481 e. The minimum absolute atomic E-state index is 0.113. The highest BCUT2D eigenvalue weighted by Gasteiger charge is 2.26. The number of imidazole rings is 1. The summed E-state index contributed by atoms with van der Waals surface area (Å²) in [5.74, 6) is 0.101. The SMILES string of the molecule is CC(C)n1c(CC(C)(C)CC(=O)O)nc2cccc(Cl)c21. The predicted octanol–water partition coefficient (Wildman–Crippen LogP) is 4.31. The molecule has 1 aromatic heterocycles. The number of carboxylic acids is 1. The van der Waals surface area contributed by atoms with Crippen molar-refractivity contribution >= 4 is 28.6 Å². The van der Waals surface area contributed by atoms with Gasteiger partial charge in [-0.1, -0.05) is 31.5 Å². The molecule has 5 heteroatoms. The third-order valence-electron chi connectivity index (χ3n) is 3.52. The van der Waals surface area contributed by atoms with Gasteiger partial charge >= 0.3 is 5.97 Å². The highest BCUT2D eigenvalue weighted by Crippen LogP contribution is 2.32. The van der Waals surface area contributed by atoms with Gasteiger partial charge in [0.1, 0.15) is 5.82 Å². The van der Waals surface area contributed by atoms with Crippen molar-refractivity contribution in [2.75, 3.05) is 0 Å². The molecule has 0 aliphatic heterocycles. The summed E-state index contributed by atoms with van der Waals surface area (Å²) >= 11 is 6.32. The monoisotopic (exact) mass is 308 g/mol. The zero-order valence-electron chi connectivity index (χ0n) is 12.9. The molecule has 0 saturated carbocycles. The molecule has 0 spiro atoms. The first-order valence-corrected chi connectivity index (χ1v) is 7.46. The molecule has 0 radical (unpaired) electrons. The molecule has 1 N–H and O–H groups in total. The Hall–Kier alpha value is -1.55. The van der Waals surface area contributed by atoms with E-state index in [2.05, 4.69) is 23.4 Å². The maximum Gasteiger partial charge on any atom is 0.303 e. The third kappa shape index (κ3) is 3.38. The van der Waals surface area contributed by atoms with E-state index >= 15 is 0 Å². The van der Waals surface area contributed by atoms with Crippen molar-refractivity contribution < 1.29 is 9.90 Å². The van der Waals surface area contributed by atoms with Crippen LogP contribution >= 0.6 is 11.6 Å². The summed E-state index contributed by atoms with van der Waals surface area (Å²) in [6.45, 7) is 8.07. The second kappa shape index (κ2) is 5.68. The number of aromatic nitrogens is 2. The van der Waals surface area contributed by atoms with Crippen LogP contribution in [0, 0.1) is 5.41 Å². The Bertz CT molecular complexity index is 674. The van der Waals surface area contributed by atoms with Crippen LogP contribution in [-0.4, -0.2) is 20.6 Å². The van der Waals surface area contributed by atoms with Crippen LogP contribution in [0.3, 0.4) is 0 Å². The summed E-state index contributed by atoms with van der Waals surface area (Å²) in [5, 5.41) is 9.72. The molecule has 0 aliphatic rings. The molecule has 1 heterocycles. The number of carboxylic acid groups (broad SMARTS) is 1. The Morgan fingerprint density at radius 1 is 1.43 bits per heavy atom. The Morgan fingerprint density at radius 3 is 2.67 bits per heavy atom. The molecule has 0 atom stereocenters. The molecule has 114 valence electrons. The van der Waals surface area contributed by atoms with E-state index in [9.17, 15) is 4.79 Å². The van der Waals surface area contributed by atoms with Gasteiger partial charge in [-0.05, 0) is 31.4 Å². The summed E-state index contributed by atoms with van der Waals surface area (Å²) in [7, 11) is 0. The molecular weight excluding hydrogens is 288 g/mol. The van der Waals surface area contributed by atoms with Gasteiger partial charge in [-0.15, -0.1) is 0 Å². The van der Waals surface area contributed by atoms with Crippen molar-refractivity contribution in [3.8, 4) is 0 Å². The Balaban J connectivity index is 2.51. The number of hydrogen-bond acceptors (Lipinski definition) is 2.